The fourth-order valence-electron chi connectivity index (χ4n) is 6.15. The molecule has 0 bridgehead atoms. The highest BCUT2D eigenvalue weighted by atomic mass is 16.6. The van der Waals surface area contributed by atoms with E-state index in [2.05, 4.69) is 10.6 Å². The van der Waals surface area contributed by atoms with Crippen molar-refractivity contribution < 1.29 is 33.5 Å². The zero-order valence-corrected chi connectivity index (χ0v) is 25.8. The third-order valence-corrected chi connectivity index (χ3v) is 9.06. The van der Waals surface area contributed by atoms with Crippen LogP contribution in [0, 0.1) is 23.2 Å². The van der Waals surface area contributed by atoms with Gasteiger partial charge in [0.2, 0.25) is 17.6 Å². The van der Waals surface area contributed by atoms with Gasteiger partial charge in [0.15, 0.2) is 11.6 Å². The van der Waals surface area contributed by atoms with E-state index in [1.54, 1.807) is 40.7 Å². The summed E-state index contributed by atoms with van der Waals surface area (Å²) in [6.45, 7) is 14.2. The number of hydrogen-bond acceptors (Lipinski definition) is 7. The highest BCUT2D eigenvalue weighted by Crippen LogP contribution is 2.65. The number of hydrogen-bond donors (Lipinski definition) is 2. The van der Waals surface area contributed by atoms with Gasteiger partial charge in [-0.05, 0) is 76.2 Å². The Kier molecular flexibility index (Phi) is 9.86. The predicted octanol–water partition coefficient (Wildman–Crippen LogP) is 3.51. The molecule has 41 heavy (non-hydrogen) atoms. The Morgan fingerprint density at radius 3 is 2.17 bits per heavy atom. The number of amides is 3. The van der Waals surface area contributed by atoms with Gasteiger partial charge in [0.25, 0.3) is 0 Å². The fraction of sp³-hybridized carbons (Fsp3) is 0.742. The first-order valence-corrected chi connectivity index (χ1v) is 14.8. The van der Waals surface area contributed by atoms with Crippen LogP contribution in [0.2, 0.25) is 0 Å². The molecule has 228 valence electrons. The Labute approximate surface area is 243 Å². The van der Waals surface area contributed by atoms with E-state index in [4.69, 9.17) is 4.74 Å². The summed E-state index contributed by atoms with van der Waals surface area (Å²) in [5.74, 6) is -2.10. The Bertz CT molecular complexity index is 1120. The largest absolute Gasteiger partial charge is 0.444 e. The molecule has 0 aromatic heterocycles. The summed E-state index contributed by atoms with van der Waals surface area (Å²) >= 11 is 0. The second-order valence-electron chi connectivity index (χ2n) is 13.5. The van der Waals surface area contributed by atoms with Gasteiger partial charge in [-0.3, -0.25) is 24.0 Å². The van der Waals surface area contributed by atoms with Gasteiger partial charge < -0.3 is 20.3 Å². The summed E-state index contributed by atoms with van der Waals surface area (Å²) in [7, 11) is 0. The van der Waals surface area contributed by atoms with Gasteiger partial charge in [0.05, 0.1) is 6.04 Å². The standard InChI is InChI=1S/C31H47N3O7/c1-9-17(2)23(36)14-13-21(33-29(40)41-30(4,5)6)28(39)34-16-20-24(31(20,7)8)25(34)27(38)32-22(26(37)18(3)35)15-19-11-10-12-19/h9,19-22,24-25H,10-16H2,1-8H3,(H,32,38)(H,33,40)/b17-9+/t20?,21-,22?,24?,25-/m0/s1. The minimum atomic E-state index is -1.08. The molecule has 2 N–H and O–H groups in total. The van der Waals surface area contributed by atoms with Crippen LogP contribution in [0.4, 0.5) is 4.79 Å². The molecule has 0 aromatic carbocycles. The first-order valence-electron chi connectivity index (χ1n) is 14.8. The minimum Gasteiger partial charge on any atom is -0.444 e. The number of rotatable bonds is 12. The number of piperidine rings is 1. The summed E-state index contributed by atoms with van der Waals surface area (Å²) in [4.78, 5) is 79.2. The average molecular weight is 574 g/mol. The SMILES string of the molecule is C/C=C(\C)C(=O)CC[C@H](NC(=O)OC(C)(C)C)C(=O)N1CC2C([C@H]1C(=O)NC(CC1CCC1)C(=O)C(C)=O)C2(C)C. The van der Waals surface area contributed by atoms with Crippen molar-refractivity contribution in [3.8, 4) is 0 Å². The molecular weight excluding hydrogens is 526 g/mol. The molecular formula is C31H47N3O7. The smallest absolute Gasteiger partial charge is 0.408 e. The van der Waals surface area contributed by atoms with E-state index < -0.39 is 53.2 Å². The summed E-state index contributed by atoms with van der Waals surface area (Å²) in [6, 6.07) is -2.87. The average Bonchev–Trinajstić information content (AvgIpc) is 3.17. The van der Waals surface area contributed by atoms with Crippen LogP contribution >= 0.6 is 0 Å². The van der Waals surface area contributed by atoms with Gasteiger partial charge in [-0.2, -0.15) is 0 Å². The van der Waals surface area contributed by atoms with Crippen molar-refractivity contribution in [2.45, 2.75) is 118 Å². The summed E-state index contributed by atoms with van der Waals surface area (Å²) in [6.07, 6.45) is 4.34. The number of likely N-dealkylation sites (tertiary alicyclic amines) is 1. The van der Waals surface area contributed by atoms with Crippen LogP contribution in [0.3, 0.4) is 0 Å². The molecule has 5 atom stereocenters. The number of ketones is 3. The molecule has 3 amide bonds. The van der Waals surface area contributed by atoms with Crippen LogP contribution in [0.25, 0.3) is 0 Å². The molecule has 1 heterocycles. The van der Waals surface area contributed by atoms with Crippen LogP contribution in [0.1, 0.15) is 93.9 Å². The summed E-state index contributed by atoms with van der Waals surface area (Å²) in [5, 5.41) is 5.46. The fourth-order valence-corrected chi connectivity index (χ4v) is 6.15. The van der Waals surface area contributed by atoms with E-state index in [9.17, 15) is 28.8 Å². The predicted molar refractivity (Wildman–Crippen MR) is 153 cm³/mol. The van der Waals surface area contributed by atoms with E-state index in [0.717, 1.165) is 19.3 Å². The lowest BCUT2D eigenvalue weighted by Gasteiger charge is -2.35. The summed E-state index contributed by atoms with van der Waals surface area (Å²) < 4.78 is 5.38. The number of fused-ring (bicyclic) bond motifs is 1. The van der Waals surface area contributed by atoms with E-state index >= 15 is 0 Å². The Hall–Kier alpha value is -3.04. The van der Waals surface area contributed by atoms with Crippen molar-refractivity contribution >= 4 is 35.3 Å². The van der Waals surface area contributed by atoms with Crippen LogP contribution in [0.15, 0.2) is 11.6 Å². The van der Waals surface area contributed by atoms with Crippen molar-refractivity contribution in [2.24, 2.45) is 23.2 Å². The zero-order chi connectivity index (χ0) is 30.9. The molecule has 3 rings (SSSR count). The van der Waals surface area contributed by atoms with Gasteiger partial charge in [0.1, 0.15) is 17.7 Å². The van der Waals surface area contributed by atoms with E-state index in [0.29, 0.717) is 18.5 Å². The zero-order valence-electron chi connectivity index (χ0n) is 25.8. The van der Waals surface area contributed by atoms with E-state index in [1.807, 2.05) is 13.8 Å². The number of Topliss-reactive ketones (excluding diaryl/α,β-unsaturated/α-hetero) is 3. The number of carbonyl (C=O) groups is 6. The highest BCUT2D eigenvalue weighted by molar-refractivity contribution is 6.38. The maximum Gasteiger partial charge on any atom is 0.408 e. The lowest BCUT2D eigenvalue weighted by atomic mass is 9.80. The molecule has 10 heteroatoms. The van der Waals surface area contributed by atoms with E-state index in [1.165, 1.54) is 11.8 Å². The molecule has 0 spiro atoms. The van der Waals surface area contributed by atoms with Crippen molar-refractivity contribution in [1.29, 1.82) is 0 Å². The Morgan fingerprint density at radius 1 is 1.02 bits per heavy atom. The maximum atomic E-state index is 14.0. The summed E-state index contributed by atoms with van der Waals surface area (Å²) in [5.41, 5.74) is -0.419. The lowest BCUT2D eigenvalue weighted by molar-refractivity contribution is -0.144. The molecule has 2 saturated carbocycles. The van der Waals surface area contributed by atoms with Crippen molar-refractivity contribution in [2.75, 3.05) is 6.54 Å². The number of ether oxygens (including phenoxy) is 1. The topological polar surface area (TPSA) is 139 Å². The van der Waals surface area contributed by atoms with Gasteiger partial charge >= 0.3 is 6.09 Å². The number of carbonyl (C=O) groups excluding carboxylic acids is 6. The molecule has 3 fully saturated rings. The van der Waals surface area contributed by atoms with Gasteiger partial charge in [-0.15, -0.1) is 0 Å². The molecule has 3 unspecified atom stereocenters. The van der Waals surface area contributed by atoms with Gasteiger partial charge in [-0.1, -0.05) is 39.2 Å². The number of alkyl carbamates (subject to hydrolysis) is 1. The van der Waals surface area contributed by atoms with Crippen molar-refractivity contribution in [3.05, 3.63) is 11.6 Å². The molecule has 3 aliphatic rings. The highest BCUT2D eigenvalue weighted by Gasteiger charge is 2.69. The number of allylic oxidation sites excluding steroid dienone is 2. The monoisotopic (exact) mass is 573 g/mol. The van der Waals surface area contributed by atoms with Crippen LogP contribution in [-0.2, 0) is 28.7 Å². The second-order valence-corrected chi connectivity index (χ2v) is 13.5. The van der Waals surface area contributed by atoms with Crippen molar-refractivity contribution in [3.63, 3.8) is 0 Å². The van der Waals surface area contributed by atoms with Crippen LogP contribution in [0.5, 0.6) is 0 Å². The Balaban J connectivity index is 1.84. The third-order valence-electron chi connectivity index (χ3n) is 9.06. The quantitative estimate of drug-likeness (QED) is 0.269. The van der Waals surface area contributed by atoms with Crippen LogP contribution < -0.4 is 10.6 Å². The lowest BCUT2D eigenvalue weighted by Crippen LogP contribution is -2.58. The van der Waals surface area contributed by atoms with Gasteiger partial charge in [0, 0.05) is 19.9 Å². The maximum absolute atomic E-state index is 14.0. The second kappa shape index (κ2) is 12.4. The molecule has 1 aliphatic heterocycles. The van der Waals surface area contributed by atoms with Gasteiger partial charge in [-0.25, -0.2) is 4.79 Å². The normalized spacial score (nSPS) is 24.8. The number of nitrogens with zero attached hydrogens (tertiary/aromatic N) is 1. The van der Waals surface area contributed by atoms with E-state index in [-0.39, 0.29) is 41.8 Å². The van der Waals surface area contributed by atoms with Crippen LogP contribution in [-0.4, -0.2) is 70.4 Å². The first-order chi connectivity index (χ1) is 19.0. The molecule has 2 aliphatic carbocycles. The molecule has 0 radical (unpaired) electrons. The molecule has 10 nitrogen and oxygen atoms in total. The minimum absolute atomic E-state index is 0.0298. The molecule has 1 saturated heterocycles. The first kappa shape index (κ1) is 32.5. The third kappa shape index (κ3) is 7.63. The van der Waals surface area contributed by atoms with Crippen molar-refractivity contribution in [1.82, 2.24) is 15.5 Å². The number of nitrogens with one attached hydrogen (secondary N) is 2. The molecule has 0 aromatic rings. The Morgan fingerprint density at radius 2 is 1.66 bits per heavy atom.